The minimum absolute atomic E-state index is 0.764. The van der Waals surface area contributed by atoms with Crippen LogP contribution in [0.25, 0.3) is 0 Å². The van der Waals surface area contributed by atoms with E-state index >= 15 is 0 Å². The van der Waals surface area contributed by atoms with Gasteiger partial charge in [-0.3, -0.25) is 0 Å². The lowest BCUT2D eigenvalue weighted by Crippen LogP contribution is -2.31. The molecule has 0 aromatic heterocycles. The fourth-order valence-corrected chi connectivity index (χ4v) is 7.58. The summed E-state index contributed by atoms with van der Waals surface area (Å²) in [6.07, 6.45) is 19.4. The molecule has 6 heterocycles. The number of rotatable bonds is 9. The highest BCUT2D eigenvalue weighted by Crippen LogP contribution is 2.16. The van der Waals surface area contributed by atoms with Crippen LogP contribution in [0.2, 0.25) is 0 Å². The summed E-state index contributed by atoms with van der Waals surface area (Å²) in [7, 11) is 0. The Balaban J connectivity index is 0.000000307. The van der Waals surface area contributed by atoms with E-state index in [-0.39, 0.29) is 0 Å². The van der Waals surface area contributed by atoms with Gasteiger partial charge in [0.1, 0.15) is 0 Å². The molecule has 18 N–H and O–H groups in total. The van der Waals surface area contributed by atoms with Gasteiger partial charge in [0.15, 0.2) is 0 Å². The molecule has 4 unspecified atom stereocenters. The largest absolute Gasteiger partial charge is 0.330 e. The van der Waals surface area contributed by atoms with Gasteiger partial charge < -0.3 is 66.3 Å². The van der Waals surface area contributed by atoms with E-state index in [1.165, 1.54) is 168 Å². The van der Waals surface area contributed by atoms with Crippen molar-refractivity contribution in [1.82, 2.24) is 31.9 Å². The first kappa shape index (κ1) is 48.5. The molecule has 0 radical (unpaired) electrons. The quantitative estimate of drug-likeness (QED) is 0.159. The molecule has 0 amide bonds. The van der Waals surface area contributed by atoms with Crippen LogP contribution < -0.4 is 66.3 Å². The first-order chi connectivity index (χ1) is 25.1. The van der Waals surface area contributed by atoms with Crippen LogP contribution in [0.3, 0.4) is 0 Å². The summed E-state index contributed by atoms with van der Waals surface area (Å²) in [5, 5.41) is 19.9. The van der Waals surface area contributed by atoms with Crippen molar-refractivity contribution in [1.29, 1.82) is 0 Å². The summed E-state index contributed by atoms with van der Waals surface area (Å²) < 4.78 is 0. The molecule has 306 valence electrons. The molecular formula is C39H90N12. The first-order valence-corrected chi connectivity index (χ1v) is 21.5. The van der Waals surface area contributed by atoms with Crippen LogP contribution in [-0.2, 0) is 0 Å². The molecule has 6 rings (SSSR count). The second kappa shape index (κ2) is 36.5. The Bertz CT molecular complexity index is 662. The third-order valence-corrected chi connectivity index (χ3v) is 11.4. The van der Waals surface area contributed by atoms with Crippen LogP contribution >= 0.6 is 0 Å². The average Bonchev–Trinajstić information content (AvgIpc) is 3.77. The van der Waals surface area contributed by atoms with E-state index in [9.17, 15) is 0 Å². The Morgan fingerprint density at radius 1 is 0.294 bits per heavy atom. The molecule has 6 fully saturated rings. The van der Waals surface area contributed by atoms with E-state index in [0.717, 1.165) is 81.3 Å². The van der Waals surface area contributed by atoms with Gasteiger partial charge in [-0.1, -0.05) is 0 Å². The van der Waals surface area contributed by atoms with Gasteiger partial charge in [0, 0.05) is 0 Å². The molecule has 0 aromatic carbocycles. The van der Waals surface area contributed by atoms with Crippen molar-refractivity contribution in [3.05, 3.63) is 0 Å². The number of nitrogens with one attached hydrogen (secondary N) is 6. The van der Waals surface area contributed by atoms with E-state index in [1.54, 1.807) is 0 Å². The zero-order valence-corrected chi connectivity index (χ0v) is 33.3. The summed E-state index contributed by atoms with van der Waals surface area (Å²) in [5.74, 6) is 5.05. The van der Waals surface area contributed by atoms with Crippen LogP contribution in [0, 0.1) is 35.5 Å². The van der Waals surface area contributed by atoms with Gasteiger partial charge in [-0.2, -0.15) is 0 Å². The number of piperidine rings is 2. The molecule has 6 saturated heterocycles. The van der Waals surface area contributed by atoms with E-state index < -0.39 is 0 Å². The lowest BCUT2D eigenvalue weighted by molar-refractivity contribution is 0.358. The predicted octanol–water partition coefficient (Wildman–Crippen LogP) is 0.838. The van der Waals surface area contributed by atoms with E-state index in [2.05, 4.69) is 31.9 Å². The van der Waals surface area contributed by atoms with Crippen molar-refractivity contribution in [3.63, 3.8) is 0 Å². The zero-order chi connectivity index (χ0) is 37.0. The third kappa shape index (κ3) is 28.6. The van der Waals surface area contributed by atoms with Crippen LogP contribution in [-0.4, -0.2) is 118 Å². The van der Waals surface area contributed by atoms with E-state index in [0.29, 0.717) is 0 Å². The molecule has 6 aliphatic rings. The highest BCUT2D eigenvalue weighted by Gasteiger charge is 2.14. The molecule has 51 heavy (non-hydrogen) atoms. The standard InChI is InChI=1S/C8H18N2.2C7H16N2.2C6H14N2.C5H12N2/c9-5-3-8-2-1-6-10-7-4-8;8-4-1-7-2-5-9-6-3-7;8-6-7-2-1-4-9-5-3-7;7-5-6-1-3-8-4-2-6;7-3-1-6-2-4-8-5-6;6-3-5-1-2-7-4-5/h8,10H,1-7,9H2;2*7,9H,1-6,8H2;2*6,8H,1-5,7H2;5,7H,1-4,6H2. The average molecular weight is 727 g/mol. The van der Waals surface area contributed by atoms with Crippen molar-refractivity contribution in [2.75, 3.05) is 118 Å². The van der Waals surface area contributed by atoms with Gasteiger partial charge in [0.2, 0.25) is 0 Å². The van der Waals surface area contributed by atoms with Crippen LogP contribution in [0.5, 0.6) is 0 Å². The van der Waals surface area contributed by atoms with Gasteiger partial charge in [0.25, 0.3) is 0 Å². The Hall–Kier alpha value is -0.480. The van der Waals surface area contributed by atoms with Crippen molar-refractivity contribution >= 4 is 0 Å². The normalized spacial score (nSPS) is 27.2. The van der Waals surface area contributed by atoms with Gasteiger partial charge in [0.05, 0.1) is 0 Å². The number of hydrogen-bond donors (Lipinski definition) is 12. The van der Waals surface area contributed by atoms with Crippen LogP contribution in [0.15, 0.2) is 0 Å². The minimum atomic E-state index is 0.764. The molecule has 0 bridgehead atoms. The second-order valence-corrected chi connectivity index (χ2v) is 15.6. The van der Waals surface area contributed by atoms with Crippen molar-refractivity contribution in [2.24, 2.45) is 69.9 Å². The smallest absolute Gasteiger partial charge is 0.000798 e. The van der Waals surface area contributed by atoms with Gasteiger partial charge >= 0.3 is 0 Å². The fraction of sp³-hybridized carbons (Fsp3) is 1.00. The SMILES string of the molecule is NCC1CCCNCC1.NCC1CCNC1.NCC1CCNCC1.NCCC1CCCNCC1.NCCC1CCNC1.NCCC1CCNCC1. The maximum atomic E-state index is 5.54. The molecular weight excluding hydrogens is 637 g/mol. The van der Waals surface area contributed by atoms with Crippen LogP contribution in [0.4, 0.5) is 0 Å². The molecule has 12 heteroatoms. The van der Waals surface area contributed by atoms with Gasteiger partial charge in [-0.25, -0.2) is 0 Å². The molecule has 4 atom stereocenters. The Morgan fingerprint density at radius 2 is 0.588 bits per heavy atom. The summed E-state index contributed by atoms with van der Waals surface area (Å²) in [6, 6.07) is 0. The second-order valence-electron chi connectivity index (χ2n) is 15.6. The number of hydrogen-bond acceptors (Lipinski definition) is 12. The fourth-order valence-electron chi connectivity index (χ4n) is 7.58. The van der Waals surface area contributed by atoms with Crippen molar-refractivity contribution in [2.45, 2.75) is 96.3 Å². The monoisotopic (exact) mass is 727 g/mol. The molecule has 0 saturated carbocycles. The maximum absolute atomic E-state index is 5.54. The van der Waals surface area contributed by atoms with Gasteiger partial charge in [-0.05, 0) is 250 Å². The Labute approximate surface area is 315 Å². The summed E-state index contributed by atoms with van der Waals surface area (Å²) in [4.78, 5) is 0. The molecule has 12 nitrogen and oxygen atoms in total. The highest BCUT2D eigenvalue weighted by atomic mass is 14.9. The van der Waals surface area contributed by atoms with E-state index in [4.69, 9.17) is 34.4 Å². The predicted molar refractivity (Wildman–Crippen MR) is 222 cm³/mol. The minimum Gasteiger partial charge on any atom is -0.330 e. The molecule has 0 aliphatic carbocycles. The lowest BCUT2D eigenvalue weighted by atomic mass is 9.95. The van der Waals surface area contributed by atoms with Crippen molar-refractivity contribution < 1.29 is 0 Å². The number of nitrogens with two attached hydrogens (primary N) is 6. The maximum Gasteiger partial charge on any atom is -0.000798 e. The Morgan fingerprint density at radius 3 is 0.961 bits per heavy atom. The zero-order valence-electron chi connectivity index (χ0n) is 33.3. The summed E-state index contributed by atoms with van der Waals surface area (Å²) >= 11 is 0. The van der Waals surface area contributed by atoms with Gasteiger partial charge in [-0.15, -0.1) is 0 Å². The topological polar surface area (TPSA) is 228 Å². The summed E-state index contributed by atoms with van der Waals surface area (Å²) in [5.41, 5.74) is 32.7. The van der Waals surface area contributed by atoms with Crippen molar-refractivity contribution in [3.8, 4) is 0 Å². The van der Waals surface area contributed by atoms with E-state index in [1.807, 2.05) is 0 Å². The lowest BCUT2D eigenvalue weighted by Gasteiger charge is -2.21. The third-order valence-electron chi connectivity index (χ3n) is 11.4. The molecule has 6 aliphatic heterocycles. The van der Waals surface area contributed by atoms with Crippen LogP contribution in [0.1, 0.15) is 96.3 Å². The molecule has 0 spiro atoms. The first-order valence-electron chi connectivity index (χ1n) is 21.5. The summed E-state index contributed by atoms with van der Waals surface area (Å²) in [6.45, 7) is 19.4. The molecule has 0 aromatic rings. The Kier molecular flexibility index (Phi) is 34.7. The highest BCUT2D eigenvalue weighted by molar-refractivity contribution is 4.72.